The lowest BCUT2D eigenvalue weighted by molar-refractivity contribution is 0.505. The van der Waals surface area contributed by atoms with E-state index in [2.05, 4.69) is 4.72 Å². The molecule has 1 aliphatic heterocycles. The summed E-state index contributed by atoms with van der Waals surface area (Å²) in [7, 11) is -6.72. The average Bonchev–Trinajstić information content (AvgIpc) is 2.41. The van der Waals surface area contributed by atoms with Crippen LogP contribution < -0.4 is 4.72 Å². The molecule has 0 aromatic heterocycles. The van der Waals surface area contributed by atoms with Crippen LogP contribution in [0.5, 0.6) is 0 Å². The summed E-state index contributed by atoms with van der Waals surface area (Å²) in [6.07, 6.45) is 0.577. The maximum atomic E-state index is 12.3. The summed E-state index contributed by atoms with van der Waals surface area (Å²) in [5, 5.41) is 8.85. The van der Waals surface area contributed by atoms with Gasteiger partial charge in [-0.15, -0.1) is 0 Å². The Kier molecular flexibility index (Phi) is 4.37. The van der Waals surface area contributed by atoms with Crippen molar-refractivity contribution < 1.29 is 16.8 Å². The standard InChI is InChI=1S/C13H16N2O4S2/c1-10-8-13(3-2-11(10)9-14)21(18,19)15-12-4-6-20(16,17)7-5-12/h2-3,8,12,15H,4-7H2,1H3. The largest absolute Gasteiger partial charge is 0.240 e. The molecular formula is C13H16N2O4S2. The number of nitrogens with zero attached hydrogens (tertiary/aromatic N) is 1. The smallest absolute Gasteiger partial charge is 0.229 e. The monoisotopic (exact) mass is 328 g/mol. The summed E-state index contributed by atoms with van der Waals surface area (Å²) in [5.74, 6) is 0.0131. The van der Waals surface area contributed by atoms with Gasteiger partial charge in [0, 0.05) is 6.04 Å². The Morgan fingerprint density at radius 3 is 2.43 bits per heavy atom. The minimum Gasteiger partial charge on any atom is -0.229 e. The summed E-state index contributed by atoms with van der Waals surface area (Å²) in [6.45, 7) is 1.67. The number of sulfone groups is 1. The van der Waals surface area contributed by atoms with E-state index < -0.39 is 19.9 Å². The maximum Gasteiger partial charge on any atom is 0.240 e. The van der Waals surface area contributed by atoms with E-state index in [1.165, 1.54) is 18.2 Å². The number of benzene rings is 1. The van der Waals surface area contributed by atoms with E-state index in [-0.39, 0.29) is 35.3 Å². The van der Waals surface area contributed by atoms with Crippen molar-refractivity contribution in [2.24, 2.45) is 0 Å². The zero-order chi connectivity index (χ0) is 15.7. The van der Waals surface area contributed by atoms with Gasteiger partial charge in [-0.05, 0) is 43.5 Å². The van der Waals surface area contributed by atoms with Gasteiger partial charge >= 0.3 is 0 Å². The first-order valence-electron chi connectivity index (χ1n) is 6.47. The summed E-state index contributed by atoms with van der Waals surface area (Å²) in [5.41, 5.74) is 1.02. The highest BCUT2D eigenvalue weighted by molar-refractivity contribution is 7.91. The maximum absolute atomic E-state index is 12.3. The first kappa shape index (κ1) is 15.9. The van der Waals surface area contributed by atoms with Crippen LogP contribution in [-0.2, 0) is 19.9 Å². The van der Waals surface area contributed by atoms with Gasteiger partial charge in [0.05, 0.1) is 28.0 Å². The Morgan fingerprint density at radius 1 is 1.29 bits per heavy atom. The van der Waals surface area contributed by atoms with Crippen LogP contribution >= 0.6 is 0 Å². The van der Waals surface area contributed by atoms with Gasteiger partial charge in [0.2, 0.25) is 10.0 Å². The Morgan fingerprint density at radius 2 is 1.90 bits per heavy atom. The van der Waals surface area contributed by atoms with Crippen molar-refractivity contribution in [2.45, 2.75) is 30.7 Å². The fourth-order valence-corrected chi connectivity index (χ4v) is 5.11. The zero-order valence-electron chi connectivity index (χ0n) is 11.5. The number of hydrogen-bond acceptors (Lipinski definition) is 5. The molecule has 1 aromatic rings. The Hall–Kier alpha value is -1.43. The van der Waals surface area contributed by atoms with Crippen LogP contribution in [0.3, 0.4) is 0 Å². The molecule has 0 aliphatic carbocycles. The lowest BCUT2D eigenvalue weighted by atomic mass is 10.1. The van der Waals surface area contributed by atoms with Crippen molar-refractivity contribution >= 4 is 19.9 Å². The van der Waals surface area contributed by atoms with E-state index in [1.54, 1.807) is 6.92 Å². The van der Waals surface area contributed by atoms with Crippen molar-refractivity contribution in [2.75, 3.05) is 11.5 Å². The highest BCUT2D eigenvalue weighted by atomic mass is 32.2. The molecule has 21 heavy (non-hydrogen) atoms. The first-order chi connectivity index (χ1) is 9.73. The van der Waals surface area contributed by atoms with E-state index in [9.17, 15) is 16.8 Å². The Labute approximate surface area is 124 Å². The number of rotatable bonds is 3. The Balaban J connectivity index is 2.16. The van der Waals surface area contributed by atoms with Gasteiger partial charge in [-0.1, -0.05) is 0 Å². The summed E-state index contributed by atoms with van der Waals surface area (Å²) >= 11 is 0. The molecule has 0 bridgehead atoms. The molecular weight excluding hydrogens is 312 g/mol. The number of nitriles is 1. The van der Waals surface area contributed by atoms with Gasteiger partial charge < -0.3 is 0 Å². The zero-order valence-corrected chi connectivity index (χ0v) is 13.2. The number of hydrogen-bond donors (Lipinski definition) is 1. The van der Waals surface area contributed by atoms with Crippen molar-refractivity contribution in [1.82, 2.24) is 4.72 Å². The molecule has 0 amide bonds. The van der Waals surface area contributed by atoms with E-state index in [1.807, 2.05) is 6.07 Å². The first-order valence-corrected chi connectivity index (χ1v) is 9.77. The molecule has 114 valence electrons. The second-order valence-electron chi connectivity index (χ2n) is 5.14. The third kappa shape index (κ3) is 3.81. The number of nitrogens with one attached hydrogen (secondary N) is 1. The molecule has 0 atom stereocenters. The summed E-state index contributed by atoms with van der Waals surface area (Å²) < 4.78 is 49.8. The van der Waals surface area contributed by atoms with Crippen molar-refractivity contribution in [3.8, 4) is 6.07 Å². The fraction of sp³-hybridized carbons (Fsp3) is 0.462. The molecule has 2 rings (SSSR count). The molecule has 1 fully saturated rings. The minimum absolute atomic E-state index is 0.00653. The Bertz CT molecular complexity index is 778. The average molecular weight is 328 g/mol. The third-order valence-electron chi connectivity index (χ3n) is 3.51. The predicted molar refractivity (Wildman–Crippen MR) is 77.9 cm³/mol. The van der Waals surface area contributed by atoms with Crippen LogP contribution in [0.15, 0.2) is 23.1 Å². The van der Waals surface area contributed by atoms with E-state index in [0.717, 1.165) is 0 Å². The summed E-state index contributed by atoms with van der Waals surface area (Å²) in [6, 6.07) is 5.91. The van der Waals surface area contributed by atoms with Gasteiger partial charge in [0.1, 0.15) is 9.84 Å². The van der Waals surface area contributed by atoms with Crippen LogP contribution in [0.4, 0.5) is 0 Å². The van der Waals surface area contributed by atoms with Crippen LogP contribution in [-0.4, -0.2) is 34.4 Å². The lowest BCUT2D eigenvalue weighted by Gasteiger charge is -2.23. The van der Waals surface area contributed by atoms with E-state index >= 15 is 0 Å². The molecule has 0 radical (unpaired) electrons. The van der Waals surface area contributed by atoms with Crippen molar-refractivity contribution in [1.29, 1.82) is 5.26 Å². The molecule has 1 heterocycles. The normalized spacial score (nSPS) is 19.0. The van der Waals surface area contributed by atoms with E-state index in [0.29, 0.717) is 11.1 Å². The van der Waals surface area contributed by atoms with Gasteiger partial charge in [0.15, 0.2) is 0 Å². The molecule has 0 spiro atoms. The predicted octanol–water partition coefficient (Wildman–Crippen LogP) is 0.722. The minimum atomic E-state index is -3.70. The van der Waals surface area contributed by atoms with Crippen molar-refractivity contribution in [3.63, 3.8) is 0 Å². The van der Waals surface area contributed by atoms with Gasteiger partial charge in [-0.3, -0.25) is 0 Å². The fourth-order valence-electron chi connectivity index (χ4n) is 2.22. The lowest BCUT2D eigenvalue weighted by Crippen LogP contribution is -2.40. The molecule has 1 aliphatic rings. The molecule has 1 N–H and O–H groups in total. The SMILES string of the molecule is Cc1cc(S(=O)(=O)NC2CCS(=O)(=O)CC2)ccc1C#N. The quantitative estimate of drug-likeness (QED) is 0.880. The van der Waals surface area contributed by atoms with Gasteiger partial charge in [-0.25, -0.2) is 21.6 Å². The summed E-state index contributed by atoms with van der Waals surface area (Å²) in [4.78, 5) is 0.0902. The third-order valence-corrected chi connectivity index (χ3v) is 6.74. The van der Waals surface area contributed by atoms with Gasteiger partial charge in [-0.2, -0.15) is 5.26 Å². The van der Waals surface area contributed by atoms with Crippen LogP contribution in [0.25, 0.3) is 0 Å². The molecule has 1 aromatic carbocycles. The molecule has 6 nitrogen and oxygen atoms in total. The highest BCUT2D eigenvalue weighted by Gasteiger charge is 2.27. The number of sulfonamides is 1. The van der Waals surface area contributed by atoms with Crippen LogP contribution in [0, 0.1) is 18.3 Å². The second kappa shape index (κ2) is 5.75. The molecule has 0 unspecified atom stereocenters. The molecule has 1 saturated heterocycles. The highest BCUT2D eigenvalue weighted by Crippen LogP contribution is 2.18. The van der Waals surface area contributed by atoms with Crippen LogP contribution in [0.2, 0.25) is 0 Å². The van der Waals surface area contributed by atoms with Crippen LogP contribution in [0.1, 0.15) is 24.0 Å². The van der Waals surface area contributed by atoms with E-state index in [4.69, 9.17) is 5.26 Å². The van der Waals surface area contributed by atoms with Gasteiger partial charge in [0.25, 0.3) is 0 Å². The molecule has 0 saturated carbocycles. The molecule has 8 heteroatoms. The van der Waals surface area contributed by atoms with Crippen molar-refractivity contribution in [3.05, 3.63) is 29.3 Å². The second-order valence-corrected chi connectivity index (χ2v) is 9.15. The topological polar surface area (TPSA) is 104 Å². The number of aryl methyl sites for hydroxylation is 1.